The molecule has 0 aromatic carbocycles. The topological polar surface area (TPSA) is 26.3 Å². The fourth-order valence-corrected chi connectivity index (χ4v) is 10.2. The number of esters is 1. The molecule has 168 valence electrons. The van der Waals surface area contributed by atoms with Gasteiger partial charge >= 0.3 is 181 Å². The van der Waals surface area contributed by atoms with Crippen LogP contribution in [0.4, 0.5) is 0 Å². The van der Waals surface area contributed by atoms with Gasteiger partial charge in [0.1, 0.15) is 0 Å². The Labute approximate surface area is 180 Å². The first-order chi connectivity index (χ1) is 13.3. The first kappa shape index (κ1) is 27.9. The van der Waals surface area contributed by atoms with Crippen molar-refractivity contribution in [3.63, 3.8) is 0 Å². The first-order valence-corrected chi connectivity index (χ1v) is 15.7. The van der Waals surface area contributed by atoms with Crippen LogP contribution in [0.3, 0.4) is 0 Å². The number of carbonyl (C=O) groups is 1. The van der Waals surface area contributed by atoms with Crippen molar-refractivity contribution in [2.45, 2.75) is 105 Å². The molecule has 4 heteroatoms. The van der Waals surface area contributed by atoms with Gasteiger partial charge in [0.15, 0.2) is 0 Å². The van der Waals surface area contributed by atoms with Gasteiger partial charge in [-0.15, -0.1) is 0 Å². The van der Waals surface area contributed by atoms with Crippen molar-refractivity contribution >= 4 is 23.2 Å². The monoisotopic (exact) mass is 434 g/mol. The number of halogens is 1. The van der Waals surface area contributed by atoms with Gasteiger partial charge in [0, 0.05) is 0 Å². The summed E-state index contributed by atoms with van der Waals surface area (Å²) in [6.07, 6.45) is 19.5. The molecular weight excluding hydrogens is 387 g/mol. The SMILES string of the molecule is C=C(C)C(=O)OCCP(Cl)(CCCCCC)(CCCCCC)CCCCCC. The van der Waals surface area contributed by atoms with E-state index in [1.54, 1.807) is 6.92 Å². The summed E-state index contributed by atoms with van der Waals surface area (Å²) in [7, 11) is 0. The Bertz CT molecular complexity index is 402. The van der Waals surface area contributed by atoms with Crippen LogP contribution in [0, 0.1) is 0 Å². The van der Waals surface area contributed by atoms with E-state index in [1.165, 1.54) is 77.0 Å². The maximum atomic E-state index is 11.9. The Hall–Kier alpha value is -0.0700. The minimum absolute atomic E-state index is 0.273. The van der Waals surface area contributed by atoms with Crippen LogP contribution in [0.5, 0.6) is 0 Å². The molecule has 0 aromatic heterocycles. The van der Waals surface area contributed by atoms with Crippen LogP contribution in [0.1, 0.15) is 105 Å². The average Bonchev–Trinajstić information content (AvgIpc) is 2.66. The van der Waals surface area contributed by atoms with Crippen molar-refractivity contribution in [2.24, 2.45) is 0 Å². The molecule has 2 nitrogen and oxygen atoms in total. The predicted octanol–water partition coefficient (Wildman–Crippen LogP) is 8.55. The molecular formula is C24H48ClO2P. The molecule has 0 rings (SSSR count). The van der Waals surface area contributed by atoms with E-state index in [0.29, 0.717) is 12.2 Å². The van der Waals surface area contributed by atoms with Gasteiger partial charge in [-0.1, -0.05) is 0 Å². The number of carbonyl (C=O) groups excluding carboxylic acids is 1. The molecule has 0 aliphatic heterocycles. The van der Waals surface area contributed by atoms with E-state index < -0.39 is 5.96 Å². The fraction of sp³-hybridized carbons (Fsp3) is 0.875. The second-order valence-corrected chi connectivity index (χ2v) is 17.1. The van der Waals surface area contributed by atoms with E-state index in [4.69, 9.17) is 16.0 Å². The molecule has 0 aliphatic carbocycles. The zero-order valence-electron chi connectivity index (χ0n) is 19.4. The molecule has 0 N–H and O–H groups in total. The van der Waals surface area contributed by atoms with Crippen molar-refractivity contribution in [2.75, 3.05) is 31.3 Å². The molecule has 0 saturated carbocycles. The van der Waals surface area contributed by atoms with Crippen LogP contribution >= 0.6 is 17.2 Å². The quantitative estimate of drug-likeness (QED) is 0.0880. The summed E-state index contributed by atoms with van der Waals surface area (Å²) in [6.45, 7) is 12.6. The number of ether oxygens (including phenoxy) is 1. The van der Waals surface area contributed by atoms with Crippen molar-refractivity contribution in [3.05, 3.63) is 12.2 Å². The predicted molar refractivity (Wildman–Crippen MR) is 130 cm³/mol. The number of unbranched alkanes of at least 4 members (excludes halogenated alkanes) is 9. The van der Waals surface area contributed by atoms with Gasteiger partial charge in [-0.2, -0.15) is 0 Å². The van der Waals surface area contributed by atoms with Crippen LogP contribution in [-0.4, -0.2) is 37.2 Å². The van der Waals surface area contributed by atoms with Gasteiger partial charge < -0.3 is 0 Å². The molecule has 0 spiro atoms. The van der Waals surface area contributed by atoms with Crippen LogP contribution in [0.2, 0.25) is 0 Å². The van der Waals surface area contributed by atoms with Gasteiger partial charge in [-0.3, -0.25) is 0 Å². The summed E-state index contributed by atoms with van der Waals surface area (Å²) in [5, 5.41) is 0. The van der Waals surface area contributed by atoms with Crippen LogP contribution in [0.25, 0.3) is 0 Å². The standard InChI is InChI=1S/C24H48ClO2P/c1-6-9-12-15-19-28(25,20-16-13-10-7-2,21-17-14-11-8-3)22-18-27-24(26)23(4)5/h4,6-22H2,1-3,5H3. The van der Waals surface area contributed by atoms with Crippen molar-refractivity contribution in [3.8, 4) is 0 Å². The second-order valence-electron chi connectivity index (χ2n) is 8.81. The van der Waals surface area contributed by atoms with E-state index >= 15 is 0 Å². The zero-order chi connectivity index (χ0) is 21.3. The van der Waals surface area contributed by atoms with E-state index in [2.05, 4.69) is 27.4 Å². The molecule has 0 unspecified atom stereocenters. The fourth-order valence-electron chi connectivity index (χ4n) is 3.96. The van der Waals surface area contributed by atoms with E-state index in [9.17, 15) is 4.79 Å². The van der Waals surface area contributed by atoms with E-state index in [-0.39, 0.29) is 5.97 Å². The minimum atomic E-state index is -2.38. The Balaban J connectivity index is 5.16. The maximum absolute atomic E-state index is 11.9. The second kappa shape index (κ2) is 15.7. The van der Waals surface area contributed by atoms with Crippen LogP contribution < -0.4 is 0 Å². The van der Waals surface area contributed by atoms with Gasteiger partial charge in [-0.05, 0) is 0 Å². The first-order valence-electron chi connectivity index (χ1n) is 11.9. The molecule has 0 bridgehead atoms. The van der Waals surface area contributed by atoms with E-state index in [0.717, 1.165) is 24.6 Å². The summed E-state index contributed by atoms with van der Waals surface area (Å²) in [5.41, 5.74) is 0.476. The van der Waals surface area contributed by atoms with Gasteiger partial charge in [0.2, 0.25) is 0 Å². The van der Waals surface area contributed by atoms with Crippen LogP contribution in [-0.2, 0) is 9.53 Å². The molecule has 28 heavy (non-hydrogen) atoms. The summed E-state index contributed by atoms with van der Waals surface area (Å²) in [4.78, 5) is 11.9. The number of hydrogen-bond donors (Lipinski definition) is 0. The summed E-state index contributed by atoms with van der Waals surface area (Å²) >= 11 is 7.71. The molecule has 0 radical (unpaired) electrons. The zero-order valence-corrected chi connectivity index (χ0v) is 21.0. The normalized spacial score (nSPS) is 13.1. The molecule has 0 aliphatic rings. The van der Waals surface area contributed by atoms with E-state index in [1.807, 2.05) is 0 Å². The molecule has 0 aromatic rings. The summed E-state index contributed by atoms with van der Waals surface area (Å²) in [6, 6.07) is 0. The number of hydrogen-bond acceptors (Lipinski definition) is 2. The molecule has 0 atom stereocenters. The van der Waals surface area contributed by atoms with Gasteiger partial charge in [-0.25, -0.2) is 0 Å². The average molecular weight is 435 g/mol. The Morgan fingerprint density at radius 1 is 0.750 bits per heavy atom. The van der Waals surface area contributed by atoms with Crippen molar-refractivity contribution in [1.82, 2.24) is 0 Å². The van der Waals surface area contributed by atoms with Crippen molar-refractivity contribution < 1.29 is 9.53 Å². The summed E-state index contributed by atoms with van der Waals surface area (Å²) < 4.78 is 5.52. The van der Waals surface area contributed by atoms with Crippen LogP contribution in [0.15, 0.2) is 12.2 Å². The Morgan fingerprint density at radius 2 is 1.14 bits per heavy atom. The van der Waals surface area contributed by atoms with Gasteiger partial charge in [0.05, 0.1) is 0 Å². The summed E-state index contributed by atoms with van der Waals surface area (Å²) in [5.74, 6) is -2.65. The third-order valence-electron chi connectivity index (χ3n) is 5.94. The third-order valence-corrected chi connectivity index (χ3v) is 13.6. The molecule has 0 heterocycles. The Kier molecular flexibility index (Phi) is 15.7. The van der Waals surface area contributed by atoms with Crippen molar-refractivity contribution in [1.29, 1.82) is 0 Å². The molecule has 0 amide bonds. The van der Waals surface area contributed by atoms with Gasteiger partial charge in [0.25, 0.3) is 0 Å². The number of rotatable bonds is 19. The Morgan fingerprint density at radius 3 is 1.46 bits per heavy atom. The molecule has 0 fully saturated rings. The third kappa shape index (κ3) is 12.5. The molecule has 0 saturated heterocycles.